The fourth-order valence-electron chi connectivity index (χ4n) is 1.82. The molecule has 0 radical (unpaired) electrons. The molecule has 0 bridgehead atoms. The van der Waals surface area contributed by atoms with Gasteiger partial charge < -0.3 is 4.90 Å². The number of hydrogen-bond acceptors (Lipinski definition) is 3. The van der Waals surface area contributed by atoms with E-state index in [1.165, 1.54) is 0 Å². The number of halogens is 1. The Balaban J connectivity index is 2.86. The minimum absolute atomic E-state index is 0.309. The van der Waals surface area contributed by atoms with Crippen LogP contribution in [0, 0.1) is 12.8 Å². The molecule has 0 aliphatic rings. The first kappa shape index (κ1) is 13.2. The maximum atomic E-state index is 5.82. The molecule has 0 spiro atoms. The van der Waals surface area contributed by atoms with Gasteiger partial charge in [0.05, 0.1) is 0 Å². The third-order valence-corrected chi connectivity index (χ3v) is 2.91. The highest BCUT2D eigenvalue weighted by Gasteiger charge is 2.15. The van der Waals surface area contributed by atoms with E-state index in [4.69, 9.17) is 11.6 Å². The Hall–Kier alpha value is -0.830. The van der Waals surface area contributed by atoms with Crippen LogP contribution in [0.2, 0.25) is 5.28 Å². The SMILES string of the molecule is Cc1cnc(Cl)nc1N(C)C(C)CC(C)C. The van der Waals surface area contributed by atoms with E-state index >= 15 is 0 Å². The first-order chi connectivity index (χ1) is 7.41. The zero-order valence-electron chi connectivity index (χ0n) is 10.7. The molecule has 1 rings (SSSR count). The Labute approximate surface area is 103 Å². The van der Waals surface area contributed by atoms with Gasteiger partial charge in [-0.15, -0.1) is 0 Å². The van der Waals surface area contributed by atoms with Gasteiger partial charge in [-0.2, -0.15) is 0 Å². The number of hydrogen-bond donors (Lipinski definition) is 0. The molecule has 16 heavy (non-hydrogen) atoms. The van der Waals surface area contributed by atoms with Crippen LogP contribution in [0.5, 0.6) is 0 Å². The van der Waals surface area contributed by atoms with E-state index in [1.807, 2.05) is 6.92 Å². The molecule has 1 unspecified atom stereocenters. The van der Waals surface area contributed by atoms with Crippen LogP contribution in [0.15, 0.2) is 6.20 Å². The topological polar surface area (TPSA) is 29.0 Å². The molecule has 0 aliphatic carbocycles. The van der Waals surface area contributed by atoms with E-state index in [0.717, 1.165) is 17.8 Å². The molecule has 4 heteroatoms. The van der Waals surface area contributed by atoms with Crippen LogP contribution in [-0.4, -0.2) is 23.1 Å². The number of anilines is 1. The average molecular weight is 242 g/mol. The maximum Gasteiger partial charge on any atom is 0.224 e. The Morgan fingerprint density at radius 1 is 1.38 bits per heavy atom. The quantitative estimate of drug-likeness (QED) is 0.758. The zero-order chi connectivity index (χ0) is 12.3. The minimum Gasteiger partial charge on any atom is -0.357 e. The molecular formula is C12H20ClN3. The lowest BCUT2D eigenvalue weighted by molar-refractivity contribution is 0.501. The molecule has 0 amide bonds. The lowest BCUT2D eigenvalue weighted by atomic mass is 10.0. The second kappa shape index (κ2) is 5.48. The van der Waals surface area contributed by atoms with Crippen molar-refractivity contribution in [2.75, 3.05) is 11.9 Å². The standard InChI is InChI=1S/C12H20ClN3/c1-8(2)6-10(4)16(5)11-9(3)7-14-12(13)15-11/h7-8,10H,6H2,1-5H3. The van der Waals surface area contributed by atoms with Gasteiger partial charge >= 0.3 is 0 Å². The lowest BCUT2D eigenvalue weighted by Crippen LogP contribution is -2.31. The minimum atomic E-state index is 0.309. The molecule has 3 nitrogen and oxygen atoms in total. The molecule has 90 valence electrons. The predicted octanol–water partition coefficient (Wildman–Crippen LogP) is 3.31. The second-order valence-electron chi connectivity index (χ2n) is 4.74. The van der Waals surface area contributed by atoms with Gasteiger partial charge in [0.2, 0.25) is 5.28 Å². The van der Waals surface area contributed by atoms with Crippen molar-refractivity contribution in [2.45, 2.75) is 40.2 Å². The van der Waals surface area contributed by atoms with Gasteiger partial charge in [0, 0.05) is 24.8 Å². The summed E-state index contributed by atoms with van der Waals surface area (Å²) in [7, 11) is 2.05. The molecule has 0 aliphatic heterocycles. The van der Waals surface area contributed by atoms with Crippen molar-refractivity contribution in [3.63, 3.8) is 0 Å². The first-order valence-corrected chi connectivity index (χ1v) is 6.01. The fraction of sp³-hybridized carbons (Fsp3) is 0.667. The van der Waals surface area contributed by atoms with Gasteiger partial charge in [0.15, 0.2) is 0 Å². The number of aromatic nitrogens is 2. The van der Waals surface area contributed by atoms with Gasteiger partial charge in [-0.05, 0) is 37.8 Å². The van der Waals surface area contributed by atoms with E-state index in [-0.39, 0.29) is 0 Å². The fourth-order valence-corrected chi connectivity index (χ4v) is 1.95. The summed E-state index contributed by atoms with van der Waals surface area (Å²) in [6.45, 7) is 8.66. The maximum absolute atomic E-state index is 5.82. The lowest BCUT2D eigenvalue weighted by Gasteiger charge is -2.28. The van der Waals surface area contributed by atoms with Crippen molar-refractivity contribution in [3.05, 3.63) is 17.0 Å². The predicted molar refractivity (Wildman–Crippen MR) is 69.1 cm³/mol. The summed E-state index contributed by atoms with van der Waals surface area (Å²) >= 11 is 5.82. The Morgan fingerprint density at radius 3 is 2.56 bits per heavy atom. The van der Waals surface area contributed by atoms with Crippen molar-refractivity contribution >= 4 is 17.4 Å². The number of aryl methyl sites for hydroxylation is 1. The first-order valence-electron chi connectivity index (χ1n) is 5.63. The number of rotatable bonds is 4. The van der Waals surface area contributed by atoms with Crippen LogP contribution in [-0.2, 0) is 0 Å². The molecular weight excluding hydrogens is 222 g/mol. The van der Waals surface area contributed by atoms with E-state index < -0.39 is 0 Å². The van der Waals surface area contributed by atoms with Gasteiger partial charge in [-0.3, -0.25) is 0 Å². The van der Waals surface area contributed by atoms with Gasteiger partial charge in [0.25, 0.3) is 0 Å². The molecule has 0 aromatic carbocycles. The Bertz CT molecular complexity index is 352. The van der Waals surface area contributed by atoms with E-state index in [1.54, 1.807) is 6.20 Å². The monoisotopic (exact) mass is 241 g/mol. The van der Waals surface area contributed by atoms with Crippen molar-refractivity contribution in [1.29, 1.82) is 0 Å². The third-order valence-electron chi connectivity index (χ3n) is 2.72. The molecule has 1 heterocycles. The van der Waals surface area contributed by atoms with E-state index in [0.29, 0.717) is 17.2 Å². The highest BCUT2D eigenvalue weighted by atomic mass is 35.5. The highest BCUT2D eigenvalue weighted by Crippen LogP contribution is 2.21. The molecule has 0 saturated carbocycles. The Kier molecular flexibility index (Phi) is 4.54. The molecule has 1 aromatic heterocycles. The molecule has 0 saturated heterocycles. The largest absolute Gasteiger partial charge is 0.357 e. The van der Waals surface area contributed by atoms with E-state index in [2.05, 4.69) is 42.7 Å². The van der Waals surface area contributed by atoms with Crippen molar-refractivity contribution in [1.82, 2.24) is 9.97 Å². The van der Waals surface area contributed by atoms with Crippen LogP contribution >= 0.6 is 11.6 Å². The number of nitrogens with zero attached hydrogens (tertiary/aromatic N) is 3. The van der Waals surface area contributed by atoms with Crippen molar-refractivity contribution < 1.29 is 0 Å². The molecule has 0 N–H and O–H groups in total. The normalized spacial score (nSPS) is 12.9. The zero-order valence-corrected chi connectivity index (χ0v) is 11.4. The summed E-state index contributed by atoms with van der Waals surface area (Å²) in [6, 6.07) is 0.449. The van der Waals surface area contributed by atoms with Gasteiger partial charge in [0.1, 0.15) is 5.82 Å². The Morgan fingerprint density at radius 2 is 2.00 bits per heavy atom. The van der Waals surface area contributed by atoms with Crippen LogP contribution in [0.1, 0.15) is 32.8 Å². The molecule has 1 aromatic rings. The highest BCUT2D eigenvalue weighted by molar-refractivity contribution is 6.28. The summed E-state index contributed by atoms with van der Waals surface area (Å²) in [5.74, 6) is 1.60. The van der Waals surface area contributed by atoms with Gasteiger partial charge in [-0.25, -0.2) is 9.97 Å². The molecule has 0 fully saturated rings. The second-order valence-corrected chi connectivity index (χ2v) is 5.07. The van der Waals surface area contributed by atoms with Gasteiger partial charge in [-0.1, -0.05) is 13.8 Å². The summed E-state index contributed by atoms with van der Waals surface area (Å²) in [4.78, 5) is 10.4. The summed E-state index contributed by atoms with van der Waals surface area (Å²) in [5.41, 5.74) is 1.06. The van der Waals surface area contributed by atoms with Crippen molar-refractivity contribution in [2.24, 2.45) is 5.92 Å². The van der Waals surface area contributed by atoms with Crippen LogP contribution in [0.4, 0.5) is 5.82 Å². The average Bonchev–Trinajstić information content (AvgIpc) is 2.19. The summed E-state index contributed by atoms with van der Waals surface area (Å²) in [6.07, 6.45) is 2.90. The van der Waals surface area contributed by atoms with E-state index in [9.17, 15) is 0 Å². The smallest absolute Gasteiger partial charge is 0.224 e. The molecule has 1 atom stereocenters. The van der Waals surface area contributed by atoms with Crippen LogP contribution < -0.4 is 4.90 Å². The summed E-state index contributed by atoms with van der Waals surface area (Å²) < 4.78 is 0. The van der Waals surface area contributed by atoms with Crippen LogP contribution in [0.3, 0.4) is 0 Å². The third kappa shape index (κ3) is 3.34. The summed E-state index contributed by atoms with van der Waals surface area (Å²) in [5, 5.41) is 0.309. The van der Waals surface area contributed by atoms with Crippen LogP contribution in [0.25, 0.3) is 0 Å². The van der Waals surface area contributed by atoms with Crippen molar-refractivity contribution in [3.8, 4) is 0 Å².